The molecule has 0 aliphatic carbocycles. The molecule has 4 nitrogen and oxygen atoms in total. The lowest BCUT2D eigenvalue weighted by Crippen LogP contribution is -2.32. The van der Waals surface area contributed by atoms with Crippen molar-refractivity contribution >= 4 is 5.91 Å². The summed E-state index contributed by atoms with van der Waals surface area (Å²) in [5.41, 5.74) is 8.77. The monoisotopic (exact) mass is 352 g/mol. The Hall–Kier alpha value is -2.17. The van der Waals surface area contributed by atoms with Crippen LogP contribution in [0.15, 0.2) is 60.7 Å². The second kappa shape index (κ2) is 9.51. The Labute approximate surface area is 156 Å². The fraction of sp³-hybridized carbons (Fsp3) is 0.409. The zero-order chi connectivity index (χ0) is 18.2. The molecule has 2 aromatic carbocycles. The Morgan fingerprint density at radius 1 is 1.00 bits per heavy atom. The van der Waals surface area contributed by atoms with Crippen molar-refractivity contribution in [3.8, 4) is 0 Å². The van der Waals surface area contributed by atoms with E-state index in [0.29, 0.717) is 26.2 Å². The summed E-state index contributed by atoms with van der Waals surface area (Å²) in [6, 6.07) is 20.6. The van der Waals surface area contributed by atoms with E-state index in [9.17, 15) is 4.79 Å². The summed E-state index contributed by atoms with van der Waals surface area (Å²) in [5, 5.41) is 0. The summed E-state index contributed by atoms with van der Waals surface area (Å²) in [6.45, 7) is 2.69. The van der Waals surface area contributed by atoms with E-state index in [-0.39, 0.29) is 17.9 Å². The third kappa shape index (κ3) is 5.16. The van der Waals surface area contributed by atoms with E-state index in [1.807, 2.05) is 41.3 Å². The fourth-order valence-electron chi connectivity index (χ4n) is 3.51. The van der Waals surface area contributed by atoms with Gasteiger partial charge in [-0.25, -0.2) is 0 Å². The molecule has 1 heterocycles. The quantitative estimate of drug-likeness (QED) is 0.743. The SMILES string of the molecule is N[C@@H]1CN(C(=O)CCCOCCc2ccccc2)C[C@H]1c1ccccc1. The van der Waals surface area contributed by atoms with Gasteiger partial charge in [0.25, 0.3) is 0 Å². The number of rotatable bonds is 8. The molecule has 0 saturated carbocycles. The van der Waals surface area contributed by atoms with Gasteiger partial charge < -0.3 is 15.4 Å². The van der Waals surface area contributed by atoms with Crippen LogP contribution in [0.2, 0.25) is 0 Å². The van der Waals surface area contributed by atoms with Gasteiger partial charge in [0.2, 0.25) is 5.91 Å². The fourth-order valence-corrected chi connectivity index (χ4v) is 3.51. The van der Waals surface area contributed by atoms with Crippen molar-refractivity contribution in [2.75, 3.05) is 26.3 Å². The Kier molecular flexibility index (Phi) is 6.81. The van der Waals surface area contributed by atoms with Crippen LogP contribution in [0.4, 0.5) is 0 Å². The molecule has 0 aromatic heterocycles. The largest absolute Gasteiger partial charge is 0.381 e. The predicted molar refractivity (Wildman–Crippen MR) is 104 cm³/mol. The highest BCUT2D eigenvalue weighted by Crippen LogP contribution is 2.26. The van der Waals surface area contributed by atoms with Gasteiger partial charge in [0, 0.05) is 38.1 Å². The van der Waals surface area contributed by atoms with Crippen molar-refractivity contribution in [2.24, 2.45) is 5.73 Å². The van der Waals surface area contributed by atoms with Crippen LogP contribution in [0.5, 0.6) is 0 Å². The topological polar surface area (TPSA) is 55.6 Å². The minimum Gasteiger partial charge on any atom is -0.381 e. The average molecular weight is 352 g/mol. The molecule has 4 heteroatoms. The van der Waals surface area contributed by atoms with Gasteiger partial charge >= 0.3 is 0 Å². The molecule has 0 unspecified atom stereocenters. The lowest BCUT2D eigenvalue weighted by molar-refractivity contribution is -0.130. The first-order valence-electron chi connectivity index (χ1n) is 9.44. The number of likely N-dealkylation sites (tertiary alicyclic amines) is 1. The lowest BCUT2D eigenvalue weighted by Gasteiger charge is -2.16. The summed E-state index contributed by atoms with van der Waals surface area (Å²) in [6.07, 6.45) is 2.20. The first-order valence-corrected chi connectivity index (χ1v) is 9.44. The molecule has 2 N–H and O–H groups in total. The summed E-state index contributed by atoms with van der Waals surface area (Å²) < 4.78 is 5.67. The molecule has 1 amide bonds. The first-order chi connectivity index (χ1) is 12.7. The van der Waals surface area contributed by atoms with Crippen molar-refractivity contribution in [3.05, 3.63) is 71.8 Å². The van der Waals surface area contributed by atoms with Crippen LogP contribution in [0.1, 0.15) is 29.9 Å². The second-order valence-corrected chi connectivity index (χ2v) is 6.93. The van der Waals surface area contributed by atoms with E-state index in [1.54, 1.807) is 0 Å². The summed E-state index contributed by atoms with van der Waals surface area (Å²) in [4.78, 5) is 14.3. The summed E-state index contributed by atoms with van der Waals surface area (Å²) in [5.74, 6) is 0.424. The molecule has 1 aliphatic rings. The predicted octanol–water partition coefficient (Wildman–Crippen LogP) is 2.98. The van der Waals surface area contributed by atoms with E-state index in [4.69, 9.17) is 10.5 Å². The lowest BCUT2D eigenvalue weighted by atomic mass is 9.95. The standard InChI is InChI=1S/C22H28N2O2/c23-21-17-24(16-20(21)19-10-5-2-6-11-19)22(25)12-7-14-26-15-13-18-8-3-1-4-9-18/h1-6,8-11,20-21H,7,12-17,23H2/t20-,21+/m0/s1. The maximum Gasteiger partial charge on any atom is 0.222 e. The molecule has 26 heavy (non-hydrogen) atoms. The Morgan fingerprint density at radius 3 is 2.42 bits per heavy atom. The van der Waals surface area contributed by atoms with Crippen LogP contribution in [0, 0.1) is 0 Å². The smallest absolute Gasteiger partial charge is 0.222 e. The van der Waals surface area contributed by atoms with Gasteiger partial charge in [0.1, 0.15) is 0 Å². The van der Waals surface area contributed by atoms with Gasteiger partial charge in [-0.3, -0.25) is 4.79 Å². The normalized spacial score (nSPS) is 19.7. The van der Waals surface area contributed by atoms with Gasteiger partial charge in [-0.1, -0.05) is 60.7 Å². The third-order valence-electron chi connectivity index (χ3n) is 5.00. The number of ether oxygens (including phenoxy) is 1. The van der Waals surface area contributed by atoms with Crippen LogP contribution in [0.25, 0.3) is 0 Å². The number of carbonyl (C=O) groups is 1. The molecule has 1 saturated heterocycles. The number of nitrogens with two attached hydrogens (primary N) is 1. The minimum atomic E-state index is 0.0171. The Balaban J connectivity index is 1.34. The number of nitrogens with zero attached hydrogens (tertiary/aromatic N) is 1. The molecule has 2 atom stereocenters. The van der Waals surface area contributed by atoms with Gasteiger partial charge in [-0.2, -0.15) is 0 Å². The third-order valence-corrected chi connectivity index (χ3v) is 5.00. The van der Waals surface area contributed by atoms with Crippen molar-refractivity contribution in [2.45, 2.75) is 31.2 Å². The van der Waals surface area contributed by atoms with E-state index >= 15 is 0 Å². The van der Waals surface area contributed by atoms with E-state index in [2.05, 4.69) is 24.3 Å². The Morgan fingerprint density at radius 2 is 1.69 bits per heavy atom. The molecule has 1 aliphatic heterocycles. The minimum absolute atomic E-state index is 0.0171. The van der Waals surface area contributed by atoms with Gasteiger partial charge in [0.15, 0.2) is 0 Å². The maximum absolute atomic E-state index is 12.4. The van der Waals surface area contributed by atoms with Crippen LogP contribution in [0.3, 0.4) is 0 Å². The maximum atomic E-state index is 12.4. The molecule has 138 valence electrons. The zero-order valence-electron chi connectivity index (χ0n) is 15.2. The first kappa shape index (κ1) is 18.6. The van der Waals surface area contributed by atoms with E-state index < -0.39 is 0 Å². The van der Waals surface area contributed by atoms with Crippen molar-refractivity contribution in [1.29, 1.82) is 0 Å². The van der Waals surface area contributed by atoms with E-state index in [0.717, 1.165) is 19.4 Å². The molecular formula is C22H28N2O2. The van der Waals surface area contributed by atoms with Crippen LogP contribution in [-0.2, 0) is 16.0 Å². The highest BCUT2D eigenvalue weighted by Gasteiger charge is 2.33. The number of benzene rings is 2. The van der Waals surface area contributed by atoms with Crippen LogP contribution < -0.4 is 5.73 Å². The average Bonchev–Trinajstić information content (AvgIpc) is 3.08. The van der Waals surface area contributed by atoms with Crippen molar-refractivity contribution in [3.63, 3.8) is 0 Å². The molecule has 3 rings (SSSR count). The zero-order valence-corrected chi connectivity index (χ0v) is 15.2. The molecule has 2 aromatic rings. The highest BCUT2D eigenvalue weighted by atomic mass is 16.5. The van der Waals surface area contributed by atoms with Crippen LogP contribution in [-0.4, -0.2) is 43.2 Å². The molecule has 0 spiro atoms. The second-order valence-electron chi connectivity index (χ2n) is 6.93. The summed E-state index contributed by atoms with van der Waals surface area (Å²) in [7, 11) is 0. The summed E-state index contributed by atoms with van der Waals surface area (Å²) >= 11 is 0. The molecule has 0 bridgehead atoms. The van der Waals surface area contributed by atoms with Gasteiger partial charge in [0.05, 0.1) is 6.61 Å². The Bertz CT molecular complexity index is 675. The van der Waals surface area contributed by atoms with Gasteiger partial charge in [-0.05, 0) is 24.0 Å². The van der Waals surface area contributed by atoms with E-state index in [1.165, 1.54) is 11.1 Å². The molecule has 0 radical (unpaired) electrons. The number of carbonyl (C=O) groups excluding carboxylic acids is 1. The van der Waals surface area contributed by atoms with Crippen LogP contribution >= 0.6 is 0 Å². The van der Waals surface area contributed by atoms with Crippen molar-refractivity contribution < 1.29 is 9.53 Å². The molecule has 1 fully saturated rings. The van der Waals surface area contributed by atoms with Gasteiger partial charge in [-0.15, -0.1) is 0 Å². The number of amides is 1. The number of hydrogen-bond donors (Lipinski definition) is 1. The highest BCUT2D eigenvalue weighted by molar-refractivity contribution is 5.76. The number of hydrogen-bond acceptors (Lipinski definition) is 3. The molecular weight excluding hydrogens is 324 g/mol. The van der Waals surface area contributed by atoms with Crippen molar-refractivity contribution in [1.82, 2.24) is 4.90 Å².